The average Bonchev–Trinajstić information content (AvgIpc) is 2.27. The van der Waals surface area contributed by atoms with Crippen LogP contribution in [0.5, 0.6) is 0 Å². The lowest BCUT2D eigenvalue weighted by Crippen LogP contribution is -2.24. The van der Waals surface area contributed by atoms with Crippen molar-refractivity contribution >= 4 is 17.6 Å². The molecule has 0 aliphatic rings. The predicted molar refractivity (Wildman–Crippen MR) is 64.9 cm³/mol. The van der Waals surface area contributed by atoms with E-state index in [-0.39, 0.29) is 12.2 Å². The molecule has 0 unspecified atom stereocenters. The lowest BCUT2D eigenvalue weighted by molar-refractivity contribution is -0.137. The van der Waals surface area contributed by atoms with E-state index in [9.17, 15) is 9.18 Å². The van der Waals surface area contributed by atoms with Gasteiger partial charge in [0.1, 0.15) is 5.82 Å². The molecule has 17 heavy (non-hydrogen) atoms. The van der Waals surface area contributed by atoms with Crippen molar-refractivity contribution in [2.75, 3.05) is 20.1 Å². The van der Waals surface area contributed by atoms with Gasteiger partial charge in [-0.2, -0.15) is 0 Å². The number of aliphatic carboxylic acids is 1. The molecule has 0 fully saturated rings. The fourth-order valence-electron chi connectivity index (χ4n) is 1.44. The average molecular weight is 260 g/mol. The summed E-state index contributed by atoms with van der Waals surface area (Å²) in [6.07, 6.45) is 0.608. The summed E-state index contributed by atoms with van der Waals surface area (Å²) in [6, 6.07) is 4.45. The van der Waals surface area contributed by atoms with Crippen molar-refractivity contribution in [3.8, 4) is 0 Å². The maximum absolute atomic E-state index is 13.4. The molecule has 0 saturated heterocycles. The molecule has 1 aromatic rings. The number of carbonyl (C=O) groups is 1. The zero-order chi connectivity index (χ0) is 12.8. The zero-order valence-electron chi connectivity index (χ0n) is 9.62. The van der Waals surface area contributed by atoms with E-state index in [0.717, 1.165) is 0 Å². The summed E-state index contributed by atoms with van der Waals surface area (Å²) in [4.78, 5) is 12.2. The second-order valence-corrected chi connectivity index (χ2v) is 4.37. The van der Waals surface area contributed by atoms with Crippen molar-refractivity contribution in [2.24, 2.45) is 0 Å². The molecule has 1 aromatic carbocycles. The van der Waals surface area contributed by atoms with Crippen LogP contribution in [0.1, 0.15) is 12.0 Å². The Morgan fingerprint density at radius 2 is 2.18 bits per heavy atom. The Bertz CT molecular complexity index is 398. The van der Waals surface area contributed by atoms with Gasteiger partial charge < -0.3 is 10.0 Å². The van der Waals surface area contributed by atoms with Gasteiger partial charge in [-0.15, -0.1) is 0 Å². The predicted octanol–water partition coefficient (Wildman–Crippen LogP) is 2.43. The fourth-order valence-corrected chi connectivity index (χ4v) is 1.64. The first-order valence-corrected chi connectivity index (χ1v) is 5.71. The zero-order valence-corrected chi connectivity index (χ0v) is 10.4. The standard InChI is InChI=1S/C12H15ClFNO2/c1-15(7-5-12(16)17)6-4-9-8-10(13)2-3-11(9)14/h2-3,8H,4-7H2,1H3,(H,16,17). The monoisotopic (exact) mass is 259 g/mol. The highest BCUT2D eigenvalue weighted by atomic mass is 35.5. The van der Waals surface area contributed by atoms with Gasteiger partial charge >= 0.3 is 5.97 Å². The quantitative estimate of drug-likeness (QED) is 0.853. The lowest BCUT2D eigenvalue weighted by Gasteiger charge is -2.15. The van der Waals surface area contributed by atoms with E-state index in [0.29, 0.717) is 30.1 Å². The molecular weight excluding hydrogens is 245 g/mol. The van der Waals surface area contributed by atoms with E-state index >= 15 is 0 Å². The SMILES string of the molecule is CN(CCC(=O)O)CCc1cc(Cl)ccc1F. The molecule has 0 amide bonds. The Kier molecular flexibility index (Phi) is 5.38. The molecular formula is C12H15ClFNO2. The smallest absolute Gasteiger partial charge is 0.304 e. The number of nitrogens with zero attached hydrogens (tertiary/aromatic N) is 1. The van der Waals surface area contributed by atoms with Crippen molar-refractivity contribution in [3.63, 3.8) is 0 Å². The highest BCUT2D eigenvalue weighted by Gasteiger charge is 2.06. The lowest BCUT2D eigenvalue weighted by atomic mass is 10.1. The van der Waals surface area contributed by atoms with Crippen molar-refractivity contribution < 1.29 is 14.3 Å². The fraction of sp³-hybridized carbons (Fsp3) is 0.417. The number of rotatable bonds is 6. The van der Waals surface area contributed by atoms with Gasteiger partial charge in [-0.1, -0.05) is 11.6 Å². The summed E-state index contributed by atoms with van der Waals surface area (Å²) in [5.74, 6) is -1.10. The highest BCUT2D eigenvalue weighted by Crippen LogP contribution is 2.15. The third-order valence-corrected chi connectivity index (χ3v) is 2.71. The first-order valence-electron chi connectivity index (χ1n) is 5.33. The van der Waals surface area contributed by atoms with Crippen molar-refractivity contribution in [2.45, 2.75) is 12.8 Å². The second-order valence-electron chi connectivity index (χ2n) is 3.93. The van der Waals surface area contributed by atoms with Crippen molar-refractivity contribution in [1.82, 2.24) is 4.90 Å². The van der Waals surface area contributed by atoms with Gasteiger partial charge in [0.25, 0.3) is 0 Å². The molecule has 1 N–H and O–H groups in total. The maximum Gasteiger partial charge on any atom is 0.304 e. The van der Waals surface area contributed by atoms with Gasteiger partial charge in [0.2, 0.25) is 0 Å². The molecule has 5 heteroatoms. The van der Waals surface area contributed by atoms with Crippen LogP contribution >= 0.6 is 11.6 Å². The van der Waals surface area contributed by atoms with Gasteiger partial charge in [-0.05, 0) is 37.2 Å². The Hall–Kier alpha value is -1.13. The number of likely N-dealkylation sites (N-methyl/N-ethyl adjacent to an activating group) is 1. The molecule has 0 heterocycles. The summed E-state index contributed by atoms with van der Waals surface area (Å²) < 4.78 is 13.4. The molecule has 1 rings (SSSR count). The molecule has 0 radical (unpaired) electrons. The minimum absolute atomic E-state index is 0.0918. The summed E-state index contributed by atoms with van der Waals surface area (Å²) >= 11 is 5.78. The number of benzene rings is 1. The second kappa shape index (κ2) is 6.57. The van der Waals surface area contributed by atoms with E-state index in [4.69, 9.17) is 16.7 Å². The molecule has 3 nitrogen and oxygen atoms in total. The van der Waals surface area contributed by atoms with Crippen LogP contribution in [-0.4, -0.2) is 36.1 Å². The van der Waals surface area contributed by atoms with Gasteiger partial charge in [-0.25, -0.2) is 4.39 Å². The minimum Gasteiger partial charge on any atom is -0.481 e. The van der Waals surface area contributed by atoms with Crippen molar-refractivity contribution in [3.05, 3.63) is 34.6 Å². The number of hydrogen-bond donors (Lipinski definition) is 1. The Morgan fingerprint density at radius 3 is 2.82 bits per heavy atom. The highest BCUT2D eigenvalue weighted by molar-refractivity contribution is 6.30. The molecule has 0 aliphatic heterocycles. The summed E-state index contributed by atoms with van der Waals surface area (Å²) in [5.41, 5.74) is 0.555. The van der Waals surface area contributed by atoms with E-state index in [1.807, 2.05) is 11.9 Å². The van der Waals surface area contributed by atoms with Crippen LogP contribution < -0.4 is 0 Å². The molecule has 0 aliphatic carbocycles. The number of halogens is 2. The Balaban J connectivity index is 2.44. The number of carboxylic acids is 1. The van der Waals surface area contributed by atoms with Gasteiger partial charge in [0, 0.05) is 18.1 Å². The molecule has 0 spiro atoms. The van der Waals surface area contributed by atoms with E-state index in [2.05, 4.69) is 0 Å². The normalized spacial score (nSPS) is 10.8. The van der Waals surface area contributed by atoms with E-state index in [1.165, 1.54) is 12.1 Å². The molecule has 0 atom stereocenters. The summed E-state index contributed by atoms with van der Waals surface area (Å²) in [7, 11) is 1.81. The third kappa shape index (κ3) is 5.15. The summed E-state index contributed by atoms with van der Waals surface area (Å²) in [5, 5.41) is 9.03. The first kappa shape index (κ1) is 13.9. The maximum atomic E-state index is 13.4. The van der Waals surface area contributed by atoms with Gasteiger partial charge in [0.05, 0.1) is 6.42 Å². The van der Waals surface area contributed by atoms with Crippen LogP contribution in [0, 0.1) is 5.82 Å². The Morgan fingerprint density at radius 1 is 1.47 bits per heavy atom. The van der Waals surface area contributed by atoms with E-state index in [1.54, 1.807) is 6.07 Å². The van der Waals surface area contributed by atoms with Gasteiger partial charge in [0.15, 0.2) is 0 Å². The van der Waals surface area contributed by atoms with Crippen LogP contribution in [0.4, 0.5) is 4.39 Å². The molecule has 0 aromatic heterocycles. The topological polar surface area (TPSA) is 40.5 Å². The number of carboxylic acid groups (broad SMARTS) is 1. The number of hydrogen-bond acceptors (Lipinski definition) is 2. The van der Waals surface area contributed by atoms with Crippen molar-refractivity contribution in [1.29, 1.82) is 0 Å². The van der Waals surface area contributed by atoms with Crippen LogP contribution in [-0.2, 0) is 11.2 Å². The molecule has 94 valence electrons. The van der Waals surface area contributed by atoms with Gasteiger partial charge in [-0.3, -0.25) is 4.79 Å². The summed E-state index contributed by atoms with van der Waals surface area (Å²) in [6.45, 7) is 1.06. The Labute approximate surface area is 105 Å². The van der Waals surface area contributed by atoms with Crippen LogP contribution in [0.15, 0.2) is 18.2 Å². The molecule has 0 bridgehead atoms. The molecule has 0 saturated carbocycles. The van der Waals surface area contributed by atoms with Crippen LogP contribution in [0.3, 0.4) is 0 Å². The first-order chi connectivity index (χ1) is 7.99. The van der Waals surface area contributed by atoms with Crippen LogP contribution in [0.25, 0.3) is 0 Å². The van der Waals surface area contributed by atoms with E-state index < -0.39 is 5.97 Å². The largest absolute Gasteiger partial charge is 0.481 e. The van der Waals surface area contributed by atoms with Crippen LogP contribution in [0.2, 0.25) is 5.02 Å². The third-order valence-electron chi connectivity index (χ3n) is 2.48. The minimum atomic E-state index is -0.828.